The normalized spacial score (nSPS) is 25.0. The molecule has 1 saturated carbocycles. The third kappa shape index (κ3) is 4.75. The van der Waals surface area contributed by atoms with Crippen molar-refractivity contribution in [2.45, 2.75) is 76.5 Å². The van der Waals surface area contributed by atoms with E-state index >= 15 is 0 Å². The largest absolute Gasteiger partial charge is 0.313 e. The summed E-state index contributed by atoms with van der Waals surface area (Å²) in [6.07, 6.45) is 5.20. The van der Waals surface area contributed by atoms with Gasteiger partial charge >= 0.3 is 0 Å². The summed E-state index contributed by atoms with van der Waals surface area (Å²) in [5.74, 6) is 0. The second kappa shape index (κ2) is 7.19. The molecular weight excluding hydrogens is 274 g/mol. The Bertz CT molecular complexity index is 467. The molecule has 2 unspecified atom stereocenters. The zero-order valence-electron chi connectivity index (χ0n) is 14.3. The fourth-order valence-electron chi connectivity index (χ4n) is 3.21. The molecule has 0 radical (unpaired) electrons. The third-order valence-corrected chi connectivity index (χ3v) is 6.10. The summed E-state index contributed by atoms with van der Waals surface area (Å²) in [6, 6.07) is 7.51. The quantitative estimate of drug-likeness (QED) is 0.787. The first kappa shape index (κ1) is 16.9. The molecule has 0 aliphatic heterocycles. The van der Waals surface area contributed by atoms with Crippen LogP contribution in [0, 0.1) is 19.3 Å². The van der Waals surface area contributed by atoms with Gasteiger partial charge in [0.15, 0.2) is 0 Å². The monoisotopic (exact) mass is 305 g/mol. The Morgan fingerprint density at radius 1 is 1.29 bits per heavy atom. The molecular formula is C19H31NS. The van der Waals surface area contributed by atoms with Crippen LogP contribution in [0.4, 0.5) is 0 Å². The molecule has 118 valence electrons. The minimum Gasteiger partial charge on any atom is -0.313 e. The molecule has 1 N–H and O–H groups in total. The van der Waals surface area contributed by atoms with Crippen molar-refractivity contribution in [1.82, 2.24) is 5.32 Å². The number of hydrogen-bond donors (Lipinski definition) is 1. The number of benzene rings is 1. The lowest BCUT2D eigenvalue weighted by atomic mass is 9.75. The van der Waals surface area contributed by atoms with E-state index < -0.39 is 0 Å². The van der Waals surface area contributed by atoms with Gasteiger partial charge in [-0.05, 0) is 63.1 Å². The molecule has 2 atom stereocenters. The van der Waals surface area contributed by atoms with Crippen LogP contribution in [-0.4, -0.2) is 17.8 Å². The van der Waals surface area contributed by atoms with Crippen LogP contribution in [0.25, 0.3) is 0 Å². The van der Waals surface area contributed by atoms with E-state index in [2.05, 4.69) is 69.9 Å². The minimum absolute atomic E-state index is 0.486. The van der Waals surface area contributed by atoms with E-state index in [0.717, 1.165) is 6.54 Å². The molecule has 1 aliphatic rings. The summed E-state index contributed by atoms with van der Waals surface area (Å²) in [4.78, 5) is 1.47. The second-order valence-electron chi connectivity index (χ2n) is 7.39. The highest BCUT2D eigenvalue weighted by Crippen LogP contribution is 2.43. The molecule has 0 heterocycles. The van der Waals surface area contributed by atoms with Gasteiger partial charge in [0, 0.05) is 16.2 Å². The maximum atomic E-state index is 3.79. The maximum absolute atomic E-state index is 3.79. The van der Waals surface area contributed by atoms with Gasteiger partial charge in [0.05, 0.1) is 0 Å². The van der Waals surface area contributed by atoms with E-state index in [1.807, 2.05) is 0 Å². The van der Waals surface area contributed by atoms with E-state index in [4.69, 9.17) is 0 Å². The van der Waals surface area contributed by atoms with Crippen LogP contribution in [-0.2, 0) is 0 Å². The molecule has 2 rings (SSSR count). The van der Waals surface area contributed by atoms with Crippen molar-refractivity contribution in [2.24, 2.45) is 5.41 Å². The number of aryl methyl sites for hydroxylation is 2. The summed E-state index contributed by atoms with van der Waals surface area (Å²) in [5.41, 5.74) is 3.28. The number of nitrogens with one attached hydrogen (secondary N) is 1. The summed E-state index contributed by atoms with van der Waals surface area (Å²) in [6.45, 7) is 12.7. The topological polar surface area (TPSA) is 12.0 Å². The van der Waals surface area contributed by atoms with Gasteiger partial charge in [-0.15, -0.1) is 11.8 Å². The number of rotatable bonds is 5. The van der Waals surface area contributed by atoms with Crippen molar-refractivity contribution in [1.29, 1.82) is 0 Å². The SMILES string of the molecule is CCCNC1CCC(C)(C)CC1Sc1cc(C)ccc1C. The van der Waals surface area contributed by atoms with E-state index in [1.165, 1.54) is 41.7 Å². The van der Waals surface area contributed by atoms with E-state index in [-0.39, 0.29) is 0 Å². The second-order valence-corrected chi connectivity index (χ2v) is 8.67. The first-order chi connectivity index (χ1) is 9.91. The first-order valence-corrected chi connectivity index (χ1v) is 9.26. The van der Waals surface area contributed by atoms with Crippen LogP contribution in [0.5, 0.6) is 0 Å². The van der Waals surface area contributed by atoms with Crippen LogP contribution in [0.15, 0.2) is 23.1 Å². The lowest BCUT2D eigenvalue weighted by Gasteiger charge is -2.41. The highest BCUT2D eigenvalue weighted by atomic mass is 32.2. The summed E-state index contributed by atoms with van der Waals surface area (Å²) >= 11 is 2.10. The summed E-state index contributed by atoms with van der Waals surface area (Å²) in [5, 5.41) is 4.49. The van der Waals surface area contributed by atoms with Gasteiger partial charge in [0.1, 0.15) is 0 Å². The Balaban J connectivity index is 2.13. The fourth-order valence-corrected chi connectivity index (χ4v) is 4.97. The Morgan fingerprint density at radius 2 is 2.05 bits per heavy atom. The van der Waals surface area contributed by atoms with Crippen molar-refractivity contribution in [3.63, 3.8) is 0 Å². The average molecular weight is 306 g/mol. The number of hydrogen-bond acceptors (Lipinski definition) is 2. The molecule has 1 aromatic rings. The van der Waals surface area contributed by atoms with E-state index in [0.29, 0.717) is 16.7 Å². The summed E-state index contributed by atoms with van der Waals surface area (Å²) in [7, 11) is 0. The molecule has 1 aromatic carbocycles. The molecule has 0 amide bonds. The molecule has 0 saturated heterocycles. The van der Waals surface area contributed by atoms with Crippen LogP contribution < -0.4 is 5.32 Å². The zero-order chi connectivity index (χ0) is 15.5. The fraction of sp³-hybridized carbons (Fsp3) is 0.684. The van der Waals surface area contributed by atoms with Crippen molar-refractivity contribution < 1.29 is 0 Å². The lowest BCUT2D eigenvalue weighted by Crippen LogP contribution is -2.45. The van der Waals surface area contributed by atoms with E-state index in [1.54, 1.807) is 0 Å². The van der Waals surface area contributed by atoms with Gasteiger partial charge in [-0.3, -0.25) is 0 Å². The highest BCUT2D eigenvalue weighted by Gasteiger charge is 2.35. The zero-order valence-corrected chi connectivity index (χ0v) is 15.1. The molecule has 1 nitrogen and oxygen atoms in total. The highest BCUT2D eigenvalue weighted by molar-refractivity contribution is 8.00. The molecule has 2 heteroatoms. The molecule has 21 heavy (non-hydrogen) atoms. The van der Waals surface area contributed by atoms with Crippen molar-refractivity contribution in [3.05, 3.63) is 29.3 Å². The minimum atomic E-state index is 0.486. The van der Waals surface area contributed by atoms with Crippen LogP contribution in [0.2, 0.25) is 0 Å². The Hall–Kier alpha value is -0.470. The van der Waals surface area contributed by atoms with Crippen LogP contribution in [0.3, 0.4) is 0 Å². The van der Waals surface area contributed by atoms with Gasteiger partial charge < -0.3 is 5.32 Å². The van der Waals surface area contributed by atoms with Crippen molar-refractivity contribution >= 4 is 11.8 Å². The van der Waals surface area contributed by atoms with Gasteiger partial charge in [-0.25, -0.2) is 0 Å². The Labute approximate surface area is 135 Å². The Kier molecular flexibility index (Phi) is 5.79. The maximum Gasteiger partial charge on any atom is 0.0253 e. The predicted molar refractivity (Wildman–Crippen MR) is 95.3 cm³/mol. The van der Waals surface area contributed by atoms with Crippen molar-refractivity contribution in [2.75, 3.05) is 6.54 Å². The average Bonchev–Trinajstić information content (AvgIpc) is 2.41. The smallest absolute Gasteiger partial charge is 0.0253 e. The molecule has 0 bridgehead atoms. The standard InChI is InChI=1S/C19H31NS/c1-6-11-20-16-9-10-19(4,5)13-18(16)21-17-12-14(2)7-8-15(17)3/h7-8,12,16,18,20H,6,9-11,13H2,1-5H3. The Morgan fingerprint density at radius 3 is 2.76 bits per heavy atom. The van der Waals surface area contributed by atoms with Crippen LogP contribution >= 0.6 is 11.8 Å². The van der Waals surface area contributed by atoms with Gasteiger partial charge in [-0.1, -0.05) is 38.5 Å². The van der Waals surface area contributed by atoms with Gasteiger partial charge in [-0.2, -0.15) is 0 Å². The van der Waals surface area contributed by atoms with Crippen LogP contribution in [0.1, 0.15) is 57.6 Å². The summed E-state index contributed by atoms with van der Waals surface area (Å²) < 4.78 is 0. The molecule has 1 aliphatic carbocycles. The number of thioether (sulfide) groups is 1. The van der Waals surface area contributed by atoms with Gasteiger partial charge in [0.25, 0.3) is 0 Å². The molecule has 1 fully saturated rings. The van der Waals surface area contributed by atoms with Gasteiger partial charge in [0.2, 0.25) is 0 Å². The molecule has 0 spiro atoms. The molecule has 0 aromatic heterocycles. The van der Waals surface area contributed by atoms with E-state index in [9.17, 15) is 0 Å². The third-order valence-electron chi connectivity index (χ3n) is 4.61. The lowest BCUT2D eigenvalue weighted by molar-refractivity contribution is 0.214. The van der Waals surface area contributed by atoms with Crippen molar-refractivity contribution in [3.8, 4) is 0 Å². The first-order valence-electron chi connectivity index (χ1n) is 8.38. The predicted octanol–water partition coefficient (Wildman–Crippen LogP) is 5.34.